The first kappa shape index (κ1) is 17.3. The van der Waals surface area contributed by atoms with Gasteiger partial charge < -0.3 is 5.41 Å². The number of rotatable bonds is 0. The van der Waals surface area contributed by atoms with Gasteiger partial charge in [-0.1, -0.05) is 27.7 Å². The summed E-state index contributed by atoms with van der Waals surface area (Å²) in [6, 6.07) is 0. The Bertz CT molecular complexity index is 3.90. The lowest BCUT2D eigenvalue weighted by atomic mass is 11.0. The third-order valence-corrected chi connectivity index (χ3v) is 0. The molecule has 6 heavy (non-hydrogen) atoms. The van der Waals surface area contributed by atoms with Gasteiger partial charge in [0.1, 0.15) is 0 Å². The summed E-state index contributed by atoms with van der Waals surface area (Å²) in [7, 11) is 0. The van der Waals surface area contributed by atoms with Crippen molar-refractivity contribution in [2.75, 3.05) is 0 Å². The molecular weight excluding hydrogens is 74.1 g/mol. The van der Waals surface area contributed by atoms with Gasteiger partial charge in [0, 0.05) is 0 Å². The number of nitrogens with one attached hydrogen (secondary N) is 1. The largest absolute Gasteiger partial charge is 0.317 e. The molecule has 1 heteroatoms. The number of hydrogen-bond donors (Lipinski definition) is 1. The molecule has 0 aromatic rings. The van der Waals surface area contributed by atoms with Gasteiger partial charge in [0.2, 0.25) is 0 Å². The summed E-state index contributed by atoms with van der Waals surface area (Å²) in [6.45, 7) is 10.5. The predicted octanol–water partition coefficient (Wildman–Crippen LogP) is 2.32. The monoisotopic (exact) mass is 89.1 g/mol. The van der Waals surface area contributed by atoms with Crippen LogP contribution < -0.4 is 0 Å². The highest BCUT2D eigenvalue weighted by Crippen LogP contribution is 1.15. The normalized spacial score (nSPS) is 2.67. The van der Waals surface area contributed by atoms with Crippen molar-refractivity contribution in [2.24, 2.45) is 0 Å². The molecule has 0 aliphatic heterocycles. The van der Waals surface area contributed by atoms with Crippen LogP contribution in [-0.4, -0.2) is 6.72 Å². The second-order valence-electron chi connectivity index (χ2n) is 0. The summed E-state index contributed by atoms with van der Waals surface area (Å²) in [6.07, 6.45) is 0. The molecule has 0 fully saturated rings. The lowest BCUT2D eigenvalue weighted by Gasteiger charge is -1.07. The Morgan fingerprint density at radius 1 is 0.833 bits per heavy atom. The van der Waals surface area contributed by atoms with Gasteiger partial charge in [0.15, 0.2) is 0 Å². The first-order valence-electron chi connectivity index (χ1n) is 2.35. The Kier molecular flexibility index (Phi) is 1670. The third-order valence-electron chi connectivity index (χ3n) is 0. The van der Waals surface area contributed by atoms with Gasteiger partial charge in [0.05, 0.1) is 0 Å². The van der Waals surface area contributed by atoms with E-state index >= 15 is 0 Å². The Balaban J connectivity index is -0.0000000225. The SMILES string of the molecule is C=N.CC.CC. The molecule has 0 rings (SSSR count). The Labute approximate surface area is 40.9 Å². The van der Waals surface area contributed by atoms with Crippen molar-refractivity contribution in [1.29, 1.82) is 5.41 Å². The molecule has 0 aromatic heterocycles. The average Bonchev–Trinajstić information content (AvgIpc) is 1.81. The minimum atomic E-state index is 2.00. The van der Waals surface area contributed by atoms with Crippen LogP contribution in [0.5, 0.6) is 0 Å². The highest BCUT2D eigenvalue weighted by Gasteiger charge is 0.934. The van der Waals surface area contributed by atoms with Gasteiger partial charge in [0.25, 0.3) is 0 Å². The summed E-state index contributed by atoms with van der Waals surface area (Å²) in [5, 5.41) is 5.50. The second-order valence-corrected chi connectivity index (χ2v) is 0. The van der Waals surface area contributed by atoms with E-state index in [0.717, 1.165) is 0 Å². The molecule has 1 nitrogen and oxygen atoms in total. The summed E-state index contributed by atoms with van der Waals surface area (Å²) in [5.74, 6) is 0. The van der Waals surface area contributed by atoms with Gasteiger partial charge in [-0.05, 0) is 6.72 Å². The minimum Gasteiger partial charge on any atom is -0.317 e. The topological polar surface area (TPSA) is 23.9 Å². The molecule has 0 aliphatic rings. The maximum Gasteiger partial charge on any atom is -0.0187 e. The molecule has 0 saturated carbocycles. The first-order valence-corrected chi connectivity index (χ1v) is 2.35. The Hall–Kier alpha value is -0.330. The maximum absolute atomic E-state index is 5.50. The molecule has 0 aliphatic carbocycles. The molecule has 1 N–H and O–H groups in total. The summed E-state index contributed by atoms with van der Waals surface area (Å²) < 4.78 is 0. The van der Waals surface area contributed by atoms with E-state index in [2.05, 4.69) is 6.72 Å². The van der Waals surface area contributed by atoms with Crippen molar-refractivity contribution in [3.05, 3.63) is 0 Å². The van der Waals surface area contributed by atoms with Gasteiger partial charge in [-0.25, -0.2) is 0 Å². The van der Waals surface area contributed by atoms with Crippen molar-refractivity contribution in [1.82, 2.24) is 0 Å². The molecule has 0 saturated heterocycles. The summed E-state index contributed by atoms with van der Waals surface area (Å²) >= 11 is 0. The van der Waals surface area contributed by atoms with Crippen molar-refractivity contribution in [2.45, 2.75) is 27.7 Å². The van der Waals surface area contributed by atoms with E-state index < -0.39 is 0 Å². The molecular formula is C5H15N. The van der Waals surface area contributed by atoms with E-state index in [0.29, 0.717) is 0 Å². The standard InChI is InChI=1S/2C2H6.CH3N/c3*1-2/h2*1-2H3;2H,1H2. The fourth-order valence-electron chi connectivity index (χ4n) is 0. The highest BCUT2D eigenvalue weighted by atomic mass is 14.2. The van der Waals surface area contributed by atoms with Crippen LogP contribution in [0.4, 0.5) is 0 Å². The lowest BCUT2D eigenvalue weighted by molar-refractivity contribution is 1.50. The zero-order valence-corrected chi connectivity index (χ0v) is 5.21. The summed E-state index contributed by atoms with van der Waals surface area (Å²) in [5.41, 5.74) is 0. The van der Waals surface area contributed by atoms with Crippen molar-refractivity contribution < 1.29 is 0 Å². The van der Waals surface area contributed by atoms with Crippen LogP contribution >= 0.6 is 0 Å². The smallest absolute Gasteiger partial charge is 0.0187 e. The van der Waals surface area contributed by atoms with E-state index in [9.17, 15) is 0 Å². The molecule has 0 heterocycles. The van der Waals surface area contributed by atoms with Gasteiger partial charge in [-0.15, -0.1) is 0 Å². The van der Waals surface area contributed by atoms with Gasteiger partial charge in [-0.2, -0.15) is 0 Å². The van der Waals surface area contributed by atoms with E-state index in [4.69, 9.17) is 5.41 Å². The second kappa shape index (κ2) is 578. The van der Waals surface area contributed by atoms with Gasteiger partial charge >= 0.3 is 0 Å². The molecule has 0 atom stereocenters. The van der Waals surface area contributed by atoms with Crippen LogP contribution in [0.2, 0.25) is 0 Å². The van der Waals surface area contributed by atoms with E-state index in [1.807, 2.05) is 27.7 Å². The molecule has 0 aromatic carbocycles. The van der Waals surface area contributed by atoms with Crippen molar-refractivity contribution >= 4 is 6.72 Å². The molecule has 40 valence electrons. The Morgan fingerprint density at radius 3 is 0.833 bits per heavy atom. The molecule has 0 amide bonds. The first-order chi connectivity index (χ1) is 3.00. The fraction of sp³-hybridized carbons (Fsp3) is 0.800. The fourth-order valence-corrected chi connectivity index (χ4v) is 0. The van der Waals surface area contributed by atoms with Crippen LogP contribution in [0.25, 0.3) is 0 Å². The van der Waals surface area contributed by atoms with Crippen LogP contribution in [0.3, 0.4) is 0 Å². The maximum atomic E-state index is 5.50. The molecule has 0 unspecified atom stereocenters. The summed E-state index contributed by atoms with van der Waals surface area (Å²) in [4.78, 5) is 0. The molecule has 0 spiro atoms. The van der Waals surface area contributed by atoms with Crippen LogP contribution in [0, 0.1) is 5.41 Å². The predicted molar refractivity (Wildman–Crippen MR) is 32.5 cm³/mol. The van der Waals surface area contributed by atoms with Gasteiger partial charge in [-0.3, -0.25) is 0 Å². The zero-order chi connectivity index (χ0) is 6.00. The lowest BCUT2D eigenvalue weighted by Crippen LogP contribution is -0.856. The van der Waals surface area contributed by atoms with Crippen molar-refractivity contribution in [3.8, 4) is 0 Å². The van der Waals surface area contributed by atoms with E-state index in [1.165, 1.54) is 0 Å². The third kappa shape index (κ3) is 240. The van der Waals surface area contributed by atoms with E-state index in [-0.39, 0.29) is 0 Å². The molecule has 0 bridgehead atoms. The quantitative estimate of drug-likeness (QED) is 0.440. The number of hydrogen-bond acceptors (Lipinski definition) is 1. The highest BCUT2D eigenvalue weighted by molar-refractivity contribution is 5.15. The van der Waals surface area contributed by atoms with Crippen LogP contribution in [0.15, 0.2) is 0 Å². The molecule has 0 radical (unpaired) electrons. The Morgan fingerprint density at radius 2 is 0.833 bits per heavy atom. The van der Waals surface area contributed by atoms with Crippen LogP contribution in [0.1, 0.15) is 27.7 Å². The van der Waals surface area contributed by atoms with Crippen molar-refractivity contribution in [3.63, 3.8) is 0 Å². The van der Waals surface area contributed by atoms with Crippen LogP contribution in [-0.2, 0) is 0 Å². The average molecular weight is 89.2 g/mol. The minimum absolute atomic E-state index is 2.00. The zero-order valence-electron chi connectivity index (χ0n) is 5.21. The van der Waals surface area contributed by atoms with E-state index in [1.54, 1.807) is 0 Å².